The third-order valence-electron chi connectivity index (χ3n) is 3.17. The maximum Gasteiger partial charge on any atom is 0.0366 e. The minimum Gasteiger partial charge on any atom is -0.370 e. The van der Waals surface area contributed by atoms with Crippen LogP contribution in [0.4, 0.5) is 5.69 Å². The number of rotatable bonds is 1. The average Bonchev–Trinajstić information content (AvgIpc) is 2.01. The van der Waals surface area contributed by atoms with Gasteiger partial charge in [-0.05, 0) is 12.1 Å². The van der Waals surface area contributed by atoms with Gasteiger partial charge in [0.2, 0.25) is 0 Å². The summed E-state index contributed by atoms with van der Waals surface area (Å²) in [5.41, 5.74) is 2.01. The van der Waals surface area contributed by atoms with Crippen LogP contribution in [-0.4, -0.2) is 26.2 Å². The molecular formula is C11H15ClN2. The Hall–Kier alpha value is -0.730. The molecule has 2 fully saturated rings. The predicted octanol–water partition coefficient (Wildman–Crippen LogP) is 1.52. The molecule has 2 nitrogen and oxygen atoms in total. The van der Waals surface area contributed by atoms with Gasteiger partial charge in [-0.2, -0.15) is 0 Å². The summed E-state index contributed by atoms with van der Waals surface area (Å²) in [7, 11) is 0. The highest BCUT2D eigenvalue weighted by Gasteiger charge is 2.47. The van der Waals surface area contributed by atoms with Gasteiger partial charge in [0, 0.05) is 37.3 Å². The van der Waals surface area contributed by atoms with Crippen LogP contribution in [0.3, 0.4) is 0 Å². The molecule has 76 valence electrons. The number of halogens is 1. The fourth-order valence-electron chi connectivity index (χ4n) is 2.29. The molecule has 0 amide bonds. The second-order valence-corrected chi connectivity index (χ2v) is 4.30. The lowest BCUT2D eigenvalue weighted by Gasteiger charge is -2.57. The second kappa shape index (κ2) is 3.44. The van der Waals surface area contributed by atoms with E-state index < -0.39 is 0 Å². The molecule has 2 aliphatic rings. The Bertz CT molecular complexity index is 300. The van der Waals surface area contributed by atoms with E-state index in [1.807, 2.05) is 0 Å². The summed E-state index contributed by atoms with van der Waals surface area (Å²) in [6.45, 7) is 4.92. The molecule has 14 heavy (non-hydrogen) atoms. The molecule has 2 saturated heterocycles. The van der Waals surface area contributed by atoms with Crippen molar-refractivity contribution in [1.29, 1.82) is 0 Å². The molecule has 0 aromatic heterocycles. The molecule has 0 saturated carbocycles. The fourth-order valence-corrected chi connectivity index (χ4v) is 2.29. The van der Waals surface area contributed by atoms with Crippen molar-refractivity contribution in [2.75, 3.05) is 31.1 Å². The lowest BCUT2D eigenvalue weighted by Crippen LogP contribution is -2.71. The summed E-state index contributed by atoms with van der Waals surface area (Å²) in [4.78, 5) is 2.46. The highest BCUT2D eigenvalue weighted by Crippen LogP contribution is 2.36. The normalized spacial score (nSPS) is 22.1. The third-order valence-corrected chi connectivity index (χ3v) is 3.17. The Labute approximate surface area is 90.7 Å². The van der Waals surface area contributed by atoms with E-state index in [0.717, 1.165) is 0 Å². The van der Waals surface area contributed by atoms with Crippen molar-refractivity contribution in [3.63, 3.8) is 0 Å². The smallest absolute Gasteiger partial charge is 0.0366 e. The Morgan fingerprint density at radius 1 is 1.07 bits per heavy atom. The van der Waals surface area contributed by atoms with E-state index in [2.05, 4.69) is 40.5 Å². The Morgan fingerprint density at radius 2 is 1.71 bits per heavy atom. The molecule has 1 N–H and O–H groups in total. The first kappa shape index (κ1) is 9.81. The Morgan fingerprint density at radius 3 is 2.21 bits per heavy atom. The van der Waals surface area contributed by atoms with Crippen molar-refractivity contribution in [3.8, 4) is 0 Å². The van der Waals surface area contributed by atoms with E-state index in [-0.39, 0.29) is 12.4 Å². The van der Waals surface area contributed by atoms with Crippen molar-refractivity contribution < 1.29 is 0 Å². The third kappa shape index (κ3) is 1.39. The predicted molar refractivity (Wildman–Crippen MR) is 61.2 cm³/mol. The molecule has 1 spiro atoms. The molecule has 0 bridgehead atoms. The van der Waals surface area contributed by atoms with Crippen molar-refractivity contribution in [1.82, 2.24) is 5.32 Å². The molecule has 1 aromatic carbocycles. The summed E-state index contributed by atoms with van der Waals surface area (Å²) in [6.07, 6.45) is 0. The number of anilines is 1. The molecular weight excluding hydrogens is 196 g/mol. The largest absolute Gasteiger partial charge is 0.370 e. The van der Waals surface area contributed by atoms with Gasteiger partial charge in [0.05, 0.1) is 0 Å². The van der Waals surface area contributed by atoms with E-state index in [1.54, 1.807) is 0 Å². The van der Waals surface area contributed by atoms with Gasteiger partial charge in [-0.15, -0.1) is 12.4 Å². The van der Waals surface area contributed by atoms with Crippen LogP contribution in [0, 0.1) is 5.41 Å². The van der Waals surface area contributed by atoms with Gasteiger partial charge in [-0.25, -0.2) is 0 Å². The van der Waals surface area contributed by atoms with Crippen LogP contribution in [0.25, 0.3) is 0 Å². The molecule has 3 rings (SSSR count). The van der Waals surface area contributed by atoms with Crippen LogP contribution in [0.1, 0.15) is 0 Å². The van der Waals surface area contributed by atoms with Crippen LogP contribution in [0.5, 0.6) is 0 Å². The average molecular weight is 211 g/mol. The van der Waals surface area contributed by atoms with Gasteiger partial charge in [0.15, 0.2) is 0 Å². The van der Waals surface area contributed by atoms with Gasteiger partial charge in [-0.3, -0.25) is 0 Å². The molecule has 3 heteroatoms. The van der Waals surface area contributed by atoms with Crippen molar-refractivity contribution in [2.24, 2.45) is 5.41 Å². The number of nitrogens with zero attached hydrogens (tertiary/aromatic N) is 1. The number of benzene rings is 1. The number of hydrogen-bond donors (Lipinski definition) is 1. The quantitative estimate of drug-likeness (QED) is 0.756. The first-order chi connectivity index (χ1) is 6.38. The van der Waals surface area contributed by atoms with Crippen LogP contribution in [-0.2, 0) is 0 Å². The SMILES string of the molecule is Cl.c1ccc(N2CC3(CNC3)C2)cc1. The molecule has 2 heterocycles. The zero-order valence-electron chi connectivity index (χ0n) is 8.07. The van der Waals surface area contributed by atoms with E-state index in [0.29, 0.717) is 5.41 Å². The van der Waals surface area contributed by atoms with Gasteiger partial charge < -0.3 is 10.2 Å². The topological polar surface area (TPSA) is 15.3 Å². The summed E-state index contributed by atoms with van der Waals surface area (Å²) >= 11 is 0. The standard InChI is InChI=1S/C11H14N2.ClH/c1-2-4-10(5-3-1)13-8-11(9-13)6-12-7-11;/h1-5,12H,6-9H2;1H. The maximum absolute atomic E-state index is 3.35. The first-order valence-corrected chi connectivity index (χ1v) is 4.89. The molecule has 1 aromatic rings. The first-order valence-electron chi connectivity index (χ1n) is 4.89. The highest BCUT2D eigenvalue weighted by atomic mass is 35.5. The highest BCUT2D eigenvalue weighted by molar-refractivity contribution is 5.85. The Kier molecular flexibility index (Phi) is 2.41. The second-order valence-electron chi connectivity index (χ2n) is 4.30. The van der Waals surface area contributed by atoms with E-state index in [9.17, 15) is 0 Å². The summed E-state index contributed by atoms with van der Waals surface area (Å²) in [6, 6.07) is 10.7. The summed E-state index contributed by atoms with van der Waals surface area (Å²) in [5.74, 6) is 0. The fraction of sp³-hybridized carbons (Fsp3) is 0.455. The van der Waals surface area contributed by atoms with Gasteiger partial charge in [0.25, 0.3) is 0 Å². The zero-order chi connectivity index (χ0) is 8.73. The minimum atomic E-state index is 0. The van der Waals surface area contributed by atoms with Crippen molar-refractivity contribution in [3.05, 3.63) is 30.3 Å². The monoisotopic (exact) mass is 210 g/mol. The van der Waals surface area contributed by atoms with Crippen LogP contribution < -0.4 is 10.2 Å². The van der Waals surface area contributed by atoms with Crippen LogP contribution in [0.15, 0.2) is 30.3 Å². The van der Waals surface area contributed by atoms with Gasteiger partial charge in [-0.1, -0.05) is 18.2 Å². The molecule has 0 unspecified atom stereocenters. The van der Waals surface area contributed by atoms with Crippen molar-refractivity contribution in [2.45, 2.75) is 0 Å². The number of nitrogens with one attached hydrogen (secondary N) is 1. The molecule has 0 atom stereocenters. The summed E-state index contributed by atoms with van der Waals surface area (Å²) < 4.78 is 0. The molecule has 0 radical (unpaired) electrons. The van der Waals surface area contributed by atoms with Crippen LogP contribution in [0.2, 0.25) is 0 Å². The van der Waals surface area contributed by atoms with Gasteiger partial charge >= 0.3 is 0 Å². The van der Waals surface area contributed by atoms with Crippen LogP contribution >= 0.6 is 12.4 Å². The zero-order valence-corrected chi connectivity index (χ0v) is 8.89. The lowest BCUT2D eigenvalue weighted by atomic mass is 9.74. The number of hydrogen-bond acceptors (Lipinski definition) is 2. The number of para-hydroxylation sites is 1. The molecule has 2 aliphatic heterocycles. The van der Waals surface area contributed by atoms with Gasteiger partial charge in [0.1, 0.15) is 0 Å². The van der Waals surface area contributed by atoms with E-state index in [4.69, 9.17) is 0 Å². The van der Waals surface area contributed by atoms with E-state index >= 15 is 0 Å². The maximum atomic E-state index is 3.35. The minimum absolute atomic E-state index is 0. The molecule has 0 aliphatic carbocycles. The van der Waals surface area contributed by atoms with Crippen molar-refractivity contribution >= 4 is 18.1 Å². The lowest BCUT2D eigenvalue weighted by molar-refractivity contribution is 0.121. The Balaban J connectivity index is 0.000000750. The van der Waals surface area contributed by atoms with E-state index in [1.165, 1.54) is 31.9 Å². The summed E-state index contributed by atoms with van der Waals surface area (Å²) in [5, 5.41) is 3.35.